The van der Waals surface area contributed by atoms with Crippen molar-refractivity contribution < 1.29 is 9.53 Å². The number of rotatable bonds is 3. The standard InChI is InChI=1S/C20H19N3O2S/c1-13-11-16(6-5-14(13)12-21)22-18(24)20(2,3)23(19(22)26)15-7-9-17(25-4)10-8-15/h5-11H,1-4H3. The zero-order valence-electron chi connectivity index (χ0n) is 15.1. The summed E-state index contributed by atoms with van der Waals surface area (Å²) in [6.07, 6.45) is 0. The predicted octanol–water partition coefficient (Wildman–Crippen LogP) is 3.79. The second-order valence-corrected chi connectivity index (χ2v) is 6.99. The van der Waals surface area contributed by atoms with Crippen molar-refractivity contribution in [3.8, 4) is 11.8 Å². The number of amides is 1. The average molecular weight is 365 g/mol. The van der Waals surface area contributed by atoms with Gasteiger partial charge in [0.25, 0.3) is 5.91 Å². The highest BCUT2D eigenvalue weighted by molar-refractivity contribution is 7.81. The van der Waals surface area contributed by atoms with Gasteiger partial charge in [-0.3, -0.25) is 9.69 Å². The molecule has 0 unspecified atom stereocenters. The van der Waals surface area contributed by atoms with Gasteiger partial charge in [0.2, 0.25) is 0 Å². The summed E-state index contributed by atoms with van der Waals surface area (Å²) in [5.41, 5.74) is 2.05. The largest absolute Gasteiger partial charge is 0.497 e. The summed E-state index contributed by atoms with van der Waals surface area (Å²) < 4.78 is 5.20. The lowest BCUT2D eigenvalue weighted by molar-refractivity contribution is -0.120. The van der Waals surface area contributed by atoms with Gasteiger partial charge in [0, 0.05) is 5.69 Å². The average Bonchev–Trinajstić information content (AvgIpc) is 2.80. The van der Waals surface area contributed by atoms with Gasteiger partial charge in [-0.05, 0) is 81.0 Å². The van der Waals surface area contributed by atoms with E-state index in [2.05, 4.69) is 6.07 Å². The molecule has 1 aliphatic rings. The minimum Gasteiger partial charge on any atom is -0.497 e. The number of hydrogen-bond donors (Lipinski definition) is 0. The van der Waals surface area contributed by atoms with E-state index in [9.17, 15) is 4.79 Å². The van der Waals surface area contributed by atoms with Crippen LogP contribution < -0.4 is 14.5 Å². The van der Waals surface area contributed by atoms with Gasteiger partial charge in [0.1, 0.15) is 11.3 Å². The molecule has 1 saturated heterocycles. The van der Waals surface area contributed by atoms with E-state index in [4.69, 9.17) is 22.2 Å². The van der Waals surface area contributed by atoms with E-state index >= 15 is 0 Å². The molecule has 2 aromatic carbocycles. The van der Waals surface area contributed by atoms with Crippen LogP contribution >= 0.6 is 12.2 Å². The first-order chi connectivity index (χ1) is 12.3. The van der Waals surface area contributed by atoms with Gasteiger partial charge in [-0.1, -0.05) is 0 Å². The molecule has 0 saturated carbocycles. The summed E-state index contributed by atoms with van der Waals surface area (Å²) in [5.74, 6) is 0.630. The van der Waals surface area contributed by atoms with Crippen LogP contribution in [-0.4, -0.2) is 23.7 Å². The van der Waals surface area contributed by atoms with Gasteiger partial charge in [0.15, 0.2) is 5.11 Å². The molecule has 1 aliphatic heterocycles. The number of benzene rings is 2. The van der Waals surface area contributed by atoms with Crippen molar-refractivity contribution in [2.75, 3.05) is 16.9 Å². The second-order valence-electron chi connectivity index (χ2n) is 6.63. The van der Waals surface area contributed by atoms with Crippen molar-refractivity contribution in [2.45, 2.75) is 26.3 Å². The highest BCUT2D eigenvalue weighted by atomic mass is 32.1. The van der Waals surface area contributed by atoms with E-state index in [1.807, 2.05) is 56.0 Å². The monoisotopic (exact) mass is 365 g/mol. The highest BCUT2D eigenvalue weighted by Gasteiger charge is 2.50. The molecule has 1 heterocycles. The molecule has 0 atom stereocenters. The van der Waals surface area contributed by atoms with Crippen LogP contribution in [0.1, 0.15) is 25.0 Å². The topological polar surface area (TPSA) is 56.6 Å². The Kier molecular flexibility index (Phi) is 4.43. The van der Waals surface area contributed by atoms with Gasteiger partial charge in [-0.2, -0.15) is 5.26 Å². The first kappa shape index (κ1) is 17.9. The van der Waals surface area contributed by atoms with Crippen LogP contribution in [0.25, 0.3) is 0 Å². The zero-order chi connectivity index (χ0) is 19.1. The number of nitrogens with zero attached hydrogens (tertiary/aromatic N) is 3. The quantitative estimate of drug-likeness (QED) is 0.775. The van der Waals surface area contributed by atoms with Crippen molar-refractivity contribution in [2.24, 2.45) is 0 Å². The molecule has 3 rings (SSSR count). The lowest BCUT2D eigenvalue weighted by Gasteiger charge is -2.29. The van der Waals surface area contributed by atoms with Crippen LogP contribution in [-0.2, 0) is 4.79 Å². The molecule has 1 fully saturated rings. The van der Waals surface area contributed by atoms with Crippen LogP contribution in [0, 0.1) is 18.3 Å². The van der Waals surface area contributed by atoms with Crippen molar-refractivity contribution in [1.29, 1.82) is 5.26 Å². The summed E-state index contributed by atoms with van der Waals surface area (Å²) >= 11 is 5.65. The number of carbonyl (C=O) groups excluding carboxylic acids is 1. The van der Waals surface area contributed by atoms with Gasteiger partial charge < -0.3 is 9.64 Å². The molecule has 0 bridgehead atoms. The maximum Gasteiger partial charge on any atom is 0.259 e. The summed E-state index contributed by atoms with van der Waals surface area (Å²) in [7, 11) is 1.61. The minimum absolute atomic E-state index is 0.109. The summed E-state index contributed by atoms with van der Waals surface area (Å²) in [6, 6.07) is 14.9. The third-order valence-corrected chi connectivity index (χ3v) is 4.95. The molecule has 0 aromatic heterocycles. The Morgan fingerprint density at radius 3 is 2.27 bits per heavy atom. The molecule has 1 amide bonds. The summed E-state index contributed by atoms with van der Waals surface area (Å²) in [6.45, 7) is 5.54. The van der Waals surface area contributed by atoms with E-state index in [0.29, 0.717) is 16.4 Å². The number of anilines is 2. The Morgan fingerprint density at radius 2 is 1.73 bits per heavy atom. The number of thiocarbonyl (C=S) groups is 1. The number of ether oxygens (including phenoxy) is 1. The van der Waals surface area contributed by atoms with E-state index in [0.717, 1.165) is 17.0 Å². The van der Waals surface area contributed by atoms with Gasteiger partial charge in [-0.25, -0.2) is 0 Å². The molecule has 0 aliphatic carbocycles. The van der Waals surface area contributed by atoms with Crippen molar-refractivity contribution >= 4 is 34.6 Å². The van der Waals surface area contributed by atoms with Crippen LogP contribution in [0.4, 0.5) is 11.4 Å². The molecule has 5 nitrogen and oxygen atoms in total. The third-order valence-electron chi connectivity index (χ3n) is 4.59. The lowest BCUT2D eigenvalue weighted by atomic mass is 10.0. The molecular weight excluding hydrogens is 346 g/mol. The van der Waals surface area contributed by atoms with Crippen LogP contribution in [0.5, 0.6) is 5.75 Å². The van der Waals surface area contributed by atoms with Crippen LogP contribution in [0.3, 0.4) is 0 Å². The Bertz CT molecular complexity index is 929. The minimum atomic E-state index is -0.826. The fourth-order valence-electron chi connectivity index (χ4n) is 3.10. The number of carbonyl (C=O) groups is 1. The van der Waals surface area contributed by atoms with Crippen molar-refractivity contribution in [3.05, 3.63) is 53.6 Å². The van der Waals surface area contributed by atoms with Gasteiger partial charge >= 0.3 is 0 Å². The molecule has 0 spiro atoms. The Balaban J connectivity index is 2.04. The van der Waals surface area contributed by atoms with Gasteiger partial charge in [0.05, 0.1) is 24.4 Å². The maximum absolute atomic E-state index is 13.1. The molecule has 2 aromatic rings. The van der Waals surface area contributed by atoms with Crippen LogP contribution in [0.2, 0.25) is 0 Å². The van der Waals surface area contributed by atoms with Crippen molar-refractivity contribution in [3.63, 3.8) is 0 Å². The van der Waals surface area contributed by atoms with E-state index in [-0.39, 0.29) is 5.91 Å². The summed E-state index contributed by atoms with van der Waals surface area (Å²) in [5, 5.41) is 9.53. The lowest BCUT2D eigenvalue weighted by Crippen LogP contribution is -2.44. The van der Waals surface area contributed by atoms with Crippen molar-refractivity contribution in [1.82, 2.24) is 0 Å². The Morgan fingerprint density at radius 1 is 1.12 bits per heavy atom. The molecule has 132 valence electrons. The third kappa shape index (κ3) is 2.71. The zero-order valence-corrected chi connectivity index (χ0v) is 15.9. The molecule has 0 radical (unpaired) electrons. The highest BCUT2D eigenvalue weighted by Crippen LogP contribution is 2.37. The SMILES string of the molecule is COc1ccc(N2C(=S)N(c3ccc(C#N)c(C)c3)C(=O)C2(C)C)cc1. The molecule has 0 N–H and O–H groups in total. The van der Waals surface area contributed by atoms with Gasteiger partial charge in [-0.15, -0.1) is 0 Å². The van der Waals surface area contributed by atoms with E-state index in [1.54, 1.807) is 19.2 Å². The Labute approximate surface area is 158 Å². The fraction of sp³-hybridized carbons (Fsp3) is 0.250. The molecule has 6 heteroatoms. The maximum atomic E-state index is 13.1. The molecular formula is C20H19N3O2S. The first-order valence-corrected chi connectivity index (χ1v) is 8.55. The number of aryl methyl sites for hydroxylation is 1. The predicted molar refractivity (Wildman–Crippen MR) is 106 cm³/mol. The summed E-state index contributed by atoms with van der Waals surface area (Å²) in [4.78, 5) is 16.5. The smallest absolute Gasteiger partial charge is 0.259 e. The van der Waals surface area contributed by atoms with E-state index < -0.39 is 5.54 Å². The van der Waals surface area contributed by atoms with E-state index in [1.165, 1.54) is 4.90 Å². The first-order valence-electron chi connectivity index (χ1n) is 8.15. The van der Waals surface area contributed by atoms with Crippen LogP contribution in [0.15, 0.2) is 42.5 Å². The fourth-order valence-corrected chi connectivity index (χ4v) is 3.62. The molecule has 26 heavy (non-hydrogen) atoms. The normalized spacial score (nSPS) is 16.0. The number of hydrogen-bond acceptors (Lipinski definition) is 4. The number of methoxy groups -OCH3 is 1. The number of nitriles is 1. The second kappa shape index (κ2) is 6.43. The Hall–Kier alpha value is -2.91.